The van der Waals surface area contributed by atoms with Crippen molar-refractivity contribution in [2.24, 2.45) is 0 Å². The summed E-state index contributed by atoms with van der Waals surface area (Å²) in [5.41, 5.74) is 2.63. The predicted molar refractivity (Wildman–Crippen MR) is 87.2 cm³/mol. The first-order chi connectivity index (χ1) is 10.7. The van der Waals surface area contributed by atoms with Crippen LogP contribution in [0, 0.1) is 13.8 Å². The van der Waals surface area contributed by atoms with Crippen LogP contribution in [0.3, 0.4) is 0 Å². The van der Waals surface area contributed by atoms with Crippen molar-refractivity contribution in [1.82, 2.24) is 24.0 Å². The van der Waals surface area contributed by atoms with E-state index in [0.29, 0.717) is 5.92 Å². The molecule has 2 aromatic rings. The van der Waals surface area contributed by atoms with Crippen molar-refractivity contribution in [2.45, 2.75) is 58.5 Å². The average Bonchev–Trinajstić information content (AvgIpc) is 3.19. The number of fused-ring (bicyclic) bond motifs is 1. The quantitative estimate of drug-likeness (QED) is 0.873. The summed E-state index contributed by atoms with van der Waals surface area (Å²) in [6.45, 7) is 8.75. The van der Waals surface area contributed by atoms with Crippen LogP contribution in [-0.4, -0.2) is 37.1 Å². The van der Waals surface area contributed by atoms with Gasteiger partial charge in [0.05, 0.1) is 5.69 Å². The van der Waals surface area contributed by atoms with Gasteiger partial charge in [0.25, 0.3) is 0 Å². The van der Waals surface area contributed by atoms with E-state index in [9.17, 15) is 0 Å². The zero-order valence-electron chi connectivity index (χ0n) is 13.4. The molecular formula is C16H23N5S. The number of likely N-dealkylation sites (tertiary alicyclic amines) is 1. The summed E-state index contributed by atoms with van der Waals surface area (Å²) in [5, 5.41) is 8.89. The zero-order chi connectivity index (χ0) is 15.1. The average molecular weight is 317 g/mol. The second-order valence-electron chi connectivity index (χ2n) is 6.61. The van der Waals surface area contributed by atoms with Gasteiger partial charge in [0.1, 0.15) is 11.6 Å². The fourth-order valence-corrected chi connectivity index (χ4v) is 4.54. The van der Waals surface area contributed by atoms with Gasteiger partial charge in [0.15, 0.2) is 0 Å². The van der Waals surface area contributed by atoms with Gasteiger partial charge in [0, 0.05) is 42.4 Å². The molecule has 6 heteroatoms. The summed E-state index contributed by atoms with van der Waals surface area (Å²) >= 11 is 1.63. The van der Waals surface area contributed by atoms with Gasteiger partial charge in [0.2, 0.25) is 0 Å². The minimum absolute atomic E-state index is 0.542. The smallest absolute Gasteiger partial charge is 0.137 e. The molecule has 118 valence electrons. The van der Waals surface area contributed by atoms with Gasteiger partial charge in [-0.1, -0.05) is 0 Å². The van der Waals surface area contributed by atoms with E-state index in [0.717, 1.165) is 26.1 Å². The number of hydrogen-bond donors (Lipinski definition) is 0. The van der Waals surface area contributed by atoms with Crippen LogP contribution in [0.5, 0.6) is 0 Å². The Kier molecular flexibility index (Phi) is 3.74. The lowest BCUT2D eigenvalue weighted by Gasteiger charge is -2.32. The Morgan fingerprint density at radius 1 is 1.18 bits per heavy atom. The van der Waals surface area contributed by atoms with E-state index < -0.39 is 0 Å². The van der Waals surface area contributed by atoms with Crippen molar-refractivity contribution < 1.29 is 0 Å². The minimum atomic E-state index is 0.542. The molecule has 2 aliphatic rings. The van der Waals surface area contributed by atoms with Gasteiger partial charge in [-0.2, -0.15) is 4.37 Å². The first kappa shape index (κ1) is 14.3. The molecule has 0 spiro atoms. The third-order valence-electron chi connectivity index (χ3n) is 5.07. The highest BCUT2D eigenvalue weighted by Crippen LogP contribution is 2.30. The van der Waals surface area contributed by atoms with Crippen LogP contribution < -0.4 is 0 Å². The Bertz CT molecular complexity index is 655. The molecule has 1 fully saturated rings. The van der Waals surface area contributed by atoms with Crippen molar-refractivity contribution in [2.75, 3.05) is 13.1 Å². The van der Waals surface area contributed by atoms with Crippen LogP contribution in [0.15, 0.2) is 0 Å². The molecule has 1 atom stereocenters. The number of aromatic nitrogens is 4. The Morgan fingerprint density at radius 2 is 2.09 bits per heavy atom. The molecule has 0 aliphatic carbocycles. The summed E-state index contributed by atoms with van der Waals surface area (Å²) in [4.78, 5) is 3.94. The number of nitrogens with zero attached hydrogens (tertiary/aromatic N) is 5. The van der Waals surface area contributed by atoms with Crippen LogP contribution in [0.25, 0.3) is 0 Å². The lowest BCUT2D eigenvalue weighted by Crippen LogP contribution is -2.35. The molecule has 22 heavy (non-hydrogen) atoms. The van der Waals surface area contributed by atoms with E-state index in [4.69, 9.17) is 0 Å². The first-order valence-electron chi connectivity index (χ1n) is 8.28. The number of aryl methyl sites for hydroxylation is 3. The molecule has 2 aliphatic heterocycles. The van der Waals surface area contributed by atoms with Crippen LogP contribution in [0.4, 0.5) is 0 Å². The van der Waals surface area contributed by atoms with Crippen LogP contribution in [0.2, 0.25) is 0 Å². The van der Waals surface area contributed by atoms with Crippen molar-refractivity contribution in [1.29, 1.82) is 0 Å². The second kappa shape index (κ2) is 5.74. The van der Waals surface area contributed by atoms with Crippen molar-refractivity contribution in [3.05, 3.63) is 27.8 Å². The van der Waals surface area contributed by atoms with E-state index in [1.165, 1.54) is 53.6 Å². The zero-order valence-corrected chi connectivity index (χ0v) is 14.2. The van der Waals surface area contributed by atoms with E-state index in [-0.39, 0.29) is 0 Å². The third kappa shape index (κ3) is 2.48. The molecule has 0 N–H and O–H groups in total. The number of hydrogen-bond acceptors (Lipinski definition) is 5. The molecule has 4 rings (SSSR count). The highest BCUT2D eigenvalue weighted by molar-refractivity contribution is 7.05. The molecule has 0 aromatic carbocycles. The highest BCUT2D eigenvalue weighted by Gasteiger charge is 2.28. The van der Waals surface area contributed by atoms with Gasteiger partial charge >= 0.3 is 0 Å². The van der Waals surface area contributed by atoms with E-state index in [2.05, 4.69) is 37.9 Å². The Labute approximate surface area is 135 Å². The third-order valence-corrected chi connectivity index (χ3v) is 5.96. The summed E-state index contributed by atoms with van der Waals surface area (Å²) in [6, 6.07) is 0. The molecule has 0 saturated carbocycles. The molecule has 0 bridgehead atoms. The molecule has 1 unspecified atom stereocenters. The topological polar surface area (TPSA) is 46.8 Å². The van der Waals surface area contributed by atoms with E-state index >= 15 is 0 Å². The standard InChI is InChI=1S/C16H23N5S/c1-11-14(12(2)22-19-11)10-20-7-3-5-13(9-20)16-18-17-15-6-4-8-21(15)16/h13H,3-10H2,1-2H3. The molecule has 1 saturated heterocycles. The maximum atomic E-state index is 4.50. The summed E-state index contributed by atoms with van der Waals surface area (Å²) in [6.07, 6.45) is 4.83. The Hall–Kier alpha value is -1.27. The SMILES string of the molecule is Cc1nsc(C)c1CN1CCCC(c2nnc3n2CCC3)C1. The van der Waals surface area contributed by atoms with Gasteiger partial charge < -0.3 is 4.57 Å². The first-order valence-corrected chi connectivity index (χ1v) is 9.06. The summed E-state index contributed by atoms with van der Waals surface area (Å²) < 4.78 is 6.86. The van der Waals surface area contributed by atoms with E-state index in [1.807, 2.05) is 0 Å². The molecule has 0 radical (unpaired) electrons. The molecule has 4 heterocycles. The molecule has 2 aromatic heterocycles. The van der Waals surface area contributed by atoms with Gasteiger partial charge in [-0.15, -0.1) is 10.2 Å². The van der Waals surface area contributed by atoms with Crippen LogP contribution in [-0.2, 0) is 19.5 Å². The van der Waals surface area contributed by atoms with Crippen LogP contribution in [0.1, 0.15) is 53.0 Å². The number of piperidine rings is 1. The van der Waals surface area contributed by atoms with Gasteiger partial charge in [-0.3, -0.25) is 4.90 Å². The molecule has 0 amide bonds. The van der Waals surface area contributed by atoms with Gasteiger partial charge in [-0.05, 0) is 51.2 Å². The Balaban J connectivity index is 1.50. The second-order valence-corrected chi connectivity index (χ2v) is 7.58. The summed E-state index contributed by atoms with van der Waals surface area (Å²) in [7, 11) is 0. The Morgan fingerprint density at radius 3 is 2.91 bits per heavy atom. The maximum absolute atomic E-state index is 4.50. The van der Waals surface area contributed by atoms with Crippen molar-refractivity contribution in [3.8, 4) is 0 Å². The molecule has 5 nitrogen and oxygen atoms in total. The fraction of sp³-hybridized carbons (Fsp3) is 0.688. The highest BCUT2D eigenvalue weighted by atomic mass is 32.1. The van der Waals surface area contributed by atoms with E-state index in [1.54, 1.807) is 11.5 Å². The minimum Gasteiger partial charge on any atom is -0.315 e. The predicted octanol–water partition coefficient (Wildman–Crippen LogP) is 2.68. The van der Waals surface area contributed by atoms with Crippen molar-refractivity contribution >= 4 is 11.5 Å². The van der Waals surface area contributed by atoms with Crippen LogP contribution >= 0.6 is 11.5 Å². The lowest BCUT2D eigenvalue weighted by molar-refractivity contribution is 0.194. The molecular weight excluding hydrogens is 294 g/mol. The maximum Gasteiger partial charge on any atom is 0.137 e. The lowest BCUT2D eigenvalue weighted by atomic mass is 9.96. The van der Waals surface area contributed by atoms with Gasteiger partial charge in [-0.25, -0.2) is 0 Å². The fourth-order valence-electron chi connectivity index (χ4n) is 3.84. The number of rotatable bonds is 3. The largest absolute Gasteiger partial charge is 0.315 e. The summed E-state index contributed by atoms with van der Waals surface area (Å²) in [5.74, 6) is 2.97. The van der Waals surface area contributed by atoms with Crippen molar-refractivity contribution in [3.63, 3.8) is 0 Å². The monoisotopic (exact) mass is 317 g/mol. The normalized spacial score (nSPS) is 22.2.